The smallest absolute Gasteiger partial charge is 0.412 e. The van der Waals surface area contributed by atoms with E-state index >= 15 is 0 Å². The normalized spacial score (nSPS) is 15.0. The van der Waals surface area contributed by atoms with Gasteiger partial charge in [-0.1, -0.05) is 0 Å². The van der Waals surface area contributed by atoms with Crippen LogP contribution in [0.5, 0.6) is 11.5 Å². The number of benzene rings is 1. The van der Waals surface area contributed by atoms with E-state index in [1.54, 1.807) is 14.2 Å². The van der Waals surface area contributed by atoms with Crippen molar-refractivity contribution in [3.63, 3.8) is 0 Å². The average molecular weight is 337 g/mol. The fourth-order valence-electron chi connectivity index (χ4n) is 2.56. The molecule has 1 aromatic rings. The summed E-state index contributed by atoms with van der Waals surface area (Å²) in [6.07, 6.45) is -0.527. The van der Waals surface area contributed by atoms with Crippen LogP contribution in [0.15, 0.2) is 12.1 Å². The number of methoxy groups -OCH3 is 2. The number of carbonyl (C=O) groups excluding carboxylic acids is 1. The number of nitrogens with zero attached hydrogens (tertiary/aromatic N) is 1. The third-order valence-corrected chi connectivity index (χ3v) is 3.58. The first-order valence-electron chi connectivity index (χ1n) is 8.05. The first-order valence-corrected chi connectivity index (χ1v) is 8.05. The molecule has 1 aliphatic heterocycles. The Morgan fingerprint density at radius 2 is 1.83 bits per heavy atom. The molecule has 0 aliphatic carbocycles. The fraction of sp³-hybridized carbons (Fsp3) is 0.588. The van der Waals surface area contributed by atoms with Crippen LogP contribution in [-0.4, -0.2) is 52.1 Å². The molecule has 1 fully saturated rings. The Morgan fingerprint density at radius 1 is 1.17 bits per heavy atom. The van der Waals surface area contributed by atoms with Crippen LogP contribution in [0, 0.1) is 0 Å². The second-order valence-corrected chi connectivity index (χ2v) is 6.59. The van der Waals surface area contributed by atoms with Crippen LogP contribution in [0.3, 0.4) is 0 Å². The SMILES string of the molecule is COc1cc(N2CCNCC2)cc(NC(=O)OC(C)(C)C)c1OC. The van der Waals surface area contributed by atoms with E-state index in [2.05, 4.69) is 15.5 Å². The van der Waals surface area contributed by atoms with Crippen LogP contribution in [0.2, 0.25) is 0 Å². The van der Waals surface area contributed by atoms with Crippen molar-refractivity contribution < 1.29 is 19.0 Å². The number of carbonyl (C=O) groups is 1. The Bertz CT molecular complexity index is 578. The zero-order chi connectivity index (χ0) is 17.7. The van der Waals surface area contributed by atoms with Gasteiger partial charge in [-0.2, -0.15) is 0 Å². The molecular weight excluding hydrogens is 310 g/mol. The molecule has 1 amide bonds. The first kappa shape index (κ1) is 18.2. The molecule has 2 N–H and O–H groups in total. The summed E-state index contributed by atoms with van der Waals surface area (Å²) in [5.74, 6) is 1.04. The van der Waals surface area contributed by atoms with E-state index in [1.807, 2.05) is 32.9 Å². The van der Waals surface area contributed by atoms with Crippen molar-refractivity contribution in [2.75, 3.05) is 50.6 Å². The zero-order valence-corrected chi connectivity index (χ0v) is 15.1. The maximum absolute atomic E-state index is 12.1. The molecule has 0 atom stereocenters. The summed E-state index contributed by atoms with van der Waals surface area (Å²) in [5.41, 5.74) is 0.928. The number of nitrogens with one attached hydrogen (secondary N) is 2. The zero-order valence-electron chi connectivity index (χ0n) is 15.1. The highest BCUT2D eigenvalue weighted by molar-refractivity contribution is 5.89. The van der Waals surface area contributed by atoms with E-state index in [0.717, 1.165) is 31.9 Å². The molecule has 1 saturated heterocycles. The van der Waals surface area contributed by atoms with E-state index in [4.69, 9.17) is 14.2 Å². The van der Waals surface area contributed by atoms with Crippen molar-refractivity contribution in [2.45, 2.75) is 26.4 Å². The van der Waals surface area contributed by atoms with Gasteiger partial charge in [0, 0.05) is 37.9 Å². The minimum atomic E-state index is -0.572. The quantitative estimate of drug-likeness (QED) is 0.879. The molecule has 1 aliphatic rings. The van der Waals surface area contributed by atoms with Gasteiger partial charge >= 0.3 is 6.09 Å². The van der Waals surface area contributed by atoms with E-state index in [-0.39, 0.29) is 0 Å². The molecule has 7 nitrogen and oxygen atoms in total. The van der Waals surface area contributed by atoms with Crippen LogP contribution < -0.4 is 25.0 Å². The van der Waals surface area contributed by atoms with Crippen LogP contribution in [0.25, 0.3) is 0 Å². The Morgan fingerprint density at radius 3 is 2.38 bits per heavy atom. The fourth-order valence-corrected chi connectivity index (χ4v) is 2.56. The van der Waals surface area contributed by atoms with Crippen molar-refractivity contribution in [3.05, 3.63) is 12.1 Å². The van der Waals surface area contributed by atoms with Crippen LogP contribution in [0.4, 0.5) is 16.2 Å². The molecule has 2 rings (SSSR count). The number of anilines is 2. The minimum absolute atomic E-state index is 0.474. The van der Waals surface area contributed by atoms with Crippen LogP contribution in [-0.2, 0) is 4.74 Å². The summed E-state index contributed by atoms with van der Waals surface area (Å²) < 4.78 is 16.2. The molecule has 0 saturated carbocycles. The second-order valence-electron chi connectivity index (χ2n) is 6.59. The maximum atomic E-state index is 12.1. The monoisotopic (exact) mass is 337 g/mol. The van der Waals surface area contributed by atoms with Gasteiger partial charge in [0.25, 0.3) is 0 Å². The predicted molar refractivity (Wildman–Crippen MR) is 94.5 cm³/mol. The molecule has 0 unspecified atom stereocenters. The average Bonchev–Trinajstić information content (AvgIpc) is 2.53. The van der Waals surface area contributed by atoms with Gasteiger partial charge in [-0.25, -0.2) is 4.79 Å². The lowest BCUT2D eigenvalue weighted by Gasteiger charge is -2.30. The number of rotatable bonds is 4. The predicted octanol–water partition coefficient (Wildman–Crippen LogP) is 2.46. The molecule has 1 aromatic carbocycles. The van der Waals surface area contributed by atoms with Crippen molar-refractivity contribution in [3.8, 4) is 11.5 Å². The Hall–Kier alpha value is -2.15. The number of hydrogen-bond donors (Lipinski definition) is 2. The summed E-state index contributed by atoms with van der Waals surface area (Å²) in [5, 5.41) is 6.08. The highest BCUT2D eigenvalue weighted by atomic mass is 16.6. The number of hydrogen-bond acceptors (Lipinski definition) is 6. The summed E-state index contributed by atoms with van der Waals surface area (Å²) >= 11 is 0. The largest absolute Gasteiger partial charge is 0.493 e. The lowest BCUT2D eigenvalue weighted by atomic mass is 10.2. The van der Waals surface area contributed by atoms with Gasteiger partial charge in [-0.05, 0) is 26.8 Å². The molecule has 0 radical (unpaired) electrons. The van der Waals surface area contributed by atoms with Crippen molar-refractivity contribution in [1.82, 2.24) is 5.32 Å². The third-order valence-electron chi connectivity index (χ3n) is 3.58. The summed E-state index contributed by atoms with van der Waals surface area (Å²) in [6.45, 7) is 9.08. The first-order chi connectivity index (χ1) is 11.3. The molecule has 7 heteroatoms. The lowest BCUT2D eigenvalue weighted by Crippen LogP contribution is -2.43. The Balaban J connectivity index is 2.31. The van der Waals surface area contributed by atoms with Gasteiger partial charge in [-0.3, -0.25) is 5.32 Å². The van der Waals surface area contributed by atoms with E-state index in [9.17, 15) is 4.79 Å². The third kappa shape index (κ3) is 4.67. The van der Waals surface area contributed by atoms with E-state index < -0.39 is 11.7 Å². The molecule has 0 spiro atoms. The van der Waals surface area contributed by atoms with Gasteiger partial charge in [0.1, 0.15) is 5.60 Å². The minimum Gasteiger partial charge on any atom is -0.493 e. The number of ether oxygens (including phenoxy) is 3. The van der Waals surface area contributed by atoms with Gasteiger partial charge < -0.3 is 24.4 Å². The molecule has 134 valence electrons. The lowest BCUT2D eigenvalue weighted by molar-refractivity contribution is 0.0635. The van der Waals surface area contributed by atoms with Gasteiger partial charge in [0.05, 0.1) is 19.9 Å². The molecule has 0 bridgehead atoms. The molecule has 1 heterocycles. The van der Waals surface area contributed by atoms with Crippen LogP contribution >= 0.6 is 0 Å². The molecular formula is C17H27N3O4. The van der Waals surface area contributed by atoms with Crippen molar-refractivity contribution >= 4 is 17.5 Å². The van der Waals surface area contributed by atoms with Crippen LogP contribution in [0.1, 0.15) is 20.8 Å². The Kier molecular flexibility index (Phi) is 5.77. The van der Waals surface area contributed by atoms with E-state index in [1.165, 1.54) is 0 Å². The van der Waals surface area contributed by atoms with Gasteiger partial charge in [0.2, 0.25) is 0 Å². The maximum Gasteiger partial charge on any atom is 0.412 e. The van der Waals surface area contributed by atoms with Gasteiger partial charge in [-0.15, -0.1) is 0 Å². The van der Waals surface area contributed by atoms with Crippen molar-refractivity contribution in [2.24, 2.45) is 0 Å². The van der Waals surface area contributed by atoms with E-state index in [0.29, 0.717) is 17.2 Å². The highest BCUT2D eigenvalue weighted by Crippen LogP contribution is 2.39. The molecule has 24 heavy (non-hydrogen) atoms. The molecule has 0 aromatic heterocycles. The van der Waals surface area contributed by atoms with Crippen molar-refractivity contribution in [1.29, 1.82) is 0 Å². The van der Waals surface area contributed by atoms with Gasteiger partial charge in [0.15, 0.2) is 11.5 Å². The standard InChI is InChI=1S/C17H27N3O4/c1-17(2,3)24-16(21)19-13-10-12(20-8-6-18-7-9-20)11-14(22-4)15(13)23-5/h10-11,18H,6-9H2,1-5H3,(H,19,21). The highest BCUT2D eigenvalue weighted by Gasteiger charge is 2.21. The summed E-state index contributed by atoms with van der Waals surface area (Å²) in [6, 6.07) is 3.81. The number of amides is 1. The number of piperazine rings is 1. The summed E-state index contributed by atoms with van der Waals surface area (Å²) in [7, 11) is 3.12. The second kappa shape index (κ2) is 7.61. The summed E-state index contributed by atoms with van der Waals surface area (Å²) in [4.78, 5) is 14.4. The topological polar surface area (TPSA) is 72.1 Å². The Labute approximate surface area is 143 Å².